The van der Waals surface area contributed by atoms with E-state index >= 15 is 0 Å². The summed E-state index contributed by atoms with van der Waals surface area (Å²) in [7, 11) is 5.37. The highest BCUT2D eigenvalue weighted by Crippen LogP contribution is 2.12. The fourth-order valence-electron chi connectivity index (χ4n) is 1.36. The predicted molar refractivity (Wildman–Crippen MR) is 61.7 cm³/mol. The molecule has 0 aliphatic rings. The Morgan fingerprint density at radius 1 is 1.47 bits per heavy atom. The summed E-state index contributed by atoms with van der Waals surface area (Å²) in [4.78, 5) is 10.3. The average molecular weight is 234 g/mol. The lowest BCUT2D eigenvalue weighted by molar-refractivity contribution is 0.397. The SMILES string of the molecule is COc1ccnc(N(C)Cc2nncn2C)n1. The van der Waals surface area contributed by atoms with Crippen LogP contribution in [0.25, 0.3) is 0 Å². The van der Waals surface area contributed by atoms with Gasteiger partial charge in [0.15, 0.2) is 5.82 Å². The highest BCUT2D eigenvalue weighted by Gasteiger charge is 2.09. The molecule has 7 nitrogen and oxygen atoms in total. The minimum atomic E-state index is 0.541. The van der Waals surface area contributed by atoms with Gasteiger partial charge in [0.1, 0.15) is 6.33 Å². The van der Waals surface area contributed by atoms with Crippen LogP contribution in [-0.4, -0.2) is 38.9 Å². The van der Waals surface area contributed by atoms with Crippen LogP contribution in [0.3, 0.4) is 0 Å². The van der Waals surface area contributed by atoms with Crippen molar-refractivity contribution in [2.45, 2.75) is 6.54 Å². The third kappa shape index (κ3) is 2.49. The molecule has 0 aliphatic heterocycles. The van der Waals surface area contributed by atoms with Crippen molar-refractivity contribution in [1.82, 2.24) is 24.7 Å². The van der Waals surface area contributed by atoms with Crippen LogP contribution in [-0.2, 0) is 13.6 Å². The summed E-state index contributed by atoms with van der Waals surface area (Å²) in [5.74, 6) is 1.98. The fourth-order valence-corrected chi connectivity index (χ4v) is 1.36. The third-order valence-corrected chi connectivity index (χ3v) is 2.35. The molecular weight excluding hydrogens is 220 g/mol. The third-order valence-electron chi connectivity index (χ3n) is 2.35. The standard InChI is InChI=1S/C10H14N6O/c1-15(6-8-14-12-7-16(8)2)10-11-5-4-9(13-10)17-3/h4-5,7H,6H2,1-3H3. The lowest BCUT2D eigenvalue weighted by Crippen LogP contribution is -2.21. The molecule has 7 heteroatoms. The van der Waals surface area contributed by atoms with E-state index in [1.54, 1.807) is 25.7 Å². The van der Waals surface area contributed by atoms with Gasteiger partial charge in [0.05, 0.1) is 13.7 Å². The molecule has 90 valence electrons. The van der Waals surface area contributed by atoms with Gasteiger partial charge in [-0.15, -0.1) is 10.2 Å². The van der Waals surface area contributed by atoms with E-state index in [0.29, 0.717) is 18.4 Å². The predicted octanol–water partition coefficient (Wildman–Crippen LogP) is 0.250. The number of hydrogen-bond acceptors (Lipinski definition) is 6. The zero-order chi connectivity index (χ0) is 12.3. The average Bonchev–Trinajstić information content (AvgIpc) is 2.75. The quantitative estimate of drug-likeness (QED) is 0.755. The molecule has 0 fully saturated rings. The van der Waals surface area contributed by atoms with Crippen LogP contribution in [0.5, 0.6) is 5.88 Å². The van der Waals surface area contributed by atoms with Gasteiger partial charge in [0.25, 0.3) is 0 Å². The maximum atomic E-state index is 5.05. The largest absolute Gasteiger partial charge is 0.481 e. The molecule has 0 radical (unpaired) electrons. The van der Waals surface area contributed by atoms with Crippen LogP contribution in [0.2, 0.25) is 0 Å². The second-order valence-electron chi connectivity index (χ2n) is 3.61. The molecule has 2 rings (SSSR count). The van der Waals surface area contributed by atoms with Crippen LogP contribution in [0, 0.1) is 0 Å². The summed E-state index contributed by atoms with van der Waals surface area (Å²) in [5.41, 5.74) is 0. The van der Waals surface area contributed by atoms with Crippen LogP contribution >= 0.6 is 0 Å². The smallest absolute Gasteiger partial charge is 0.228 e. The van der Waals surface area contributed by atoms with E-state index < -0.39 is 0 Å². The van der Waals surface area contributed by atoms with E-state index in [4.69, 9.17) is 4.74 Å². The zero-order valence-electron chi connectivity index (χ0n) is 10.0. The Bertz CT molecular complexity index is 497. The first-order valence-corrected chi connectivity index (χ1v) is 5.11. The second-order valence-corrected chi connectivity index (χ2v) is 3.61. The van der Waals surface area contributed by atoms with Crippen molar-refractivity contribution >= 4 is 5.95 Å². The summed E-state index contributed by atoms with van der Waals surface area (Å²) >= 11 is 0. The highest BCUT2D eigenvalue weighted by molar-refractivity contribution is 5.30. The monoisotopic (exact) mass is 234 g/mol. The maximum Gasteiger partial charge on any atom is 0.228 e. The van der Waals surface area contributed by atoms with Crippen molar-refractivity contribution in [3.63, 3.8) is 0 Å². The molecule has 0 amide bonds. The van der Waals surface area contributed by atoms with Crippen molar-refractivity contribution in [3.05, 3.63) is 24.4 Å². The molecule has 0 aliphatic carbocycles. The van der Waals surface area contributed by atoms with Crippen molar-refractivity contribution in [1.29, 1.82) is 0 Å². The molecular formula is C10H14N6O. The summed E-state index contributed by atoms with van der Waals surface area (Å²) < 4.78 is 6.91. The van der Waals surface area contributed by atoms with E-state index in [2.05, 4.69) is 20.2 Å². The zero-order valence-corrected chi connectivity index (χ0v) is 10.0. The highest BCUT2D eigenvalue weighted by atomic mass is 16.5. The van der Waals surface area contributed by atoms with Gasteiger partial charge in [0, 0.05) is 26.4 Å². The number of anilines is 1. The van der Waals surface area contributed by atoms with Gasteiger partial charge in [-0.2, -0.15) is 4.98 Å². The molecule has 0 atom stereocenters. The van der Waals surface area contributed by atoms with E-state index in [-0.39, 0.29) is 0 Å². The van der Waals surface area contributed by atoms with Crippen LogP contribution in [0.4, 0.5) is 5.95 Å². The summed E-state index contributed by atoms with van der Waals surface area (Å²) in [5, 5.41) is 7.83. The minimum absolute atomic E-state index is 0.541. The molecule has 0 aromatic carbocycles. The van der Waals surface area contributed by atoms with Gasteiger partial charge in [-0.25, -0.2) is 4.98 Å². The fraction of sp³-hybridized carbons (Fsp3) is 0.400. The molecule has 0 saturated heterocycles. The van der Waals surface area contributed by atoms with E-state index in [1.165, 1.54) is 0 Å². The van der Waals surface area contributed by atoms with Crippen LogP contribution < -0.4 is 9.64 Å². The van der Waals surface area contributed by atoms with E-state index in [0.717, 1.165) is 5.82 Å². The van der Waals surface area contributed by atoms with Crippen LogP contribution in [0.15, 0.2) is 18.6 Å². The van der Waals surface area contributed by atoms with Gasteiger partial charge >= 0.3 is 0 Å². The molecule has 0 bridgehead atoms. The van der Waals surface area contributed by atoms with Gasteiger partial charge in [-0.1, -0.05) is 0 Å². The second kappa shape index (κ2) is 4.77. The molecule has 17 heavy (non-hydrogen) atoms. The molecule has 2 heterocycles. The van der Waals surface area contributed by atoms with Crippen molar-refractivity contribution in [2.24, 2.45) is 7.05 Å². The summed E-state index contributed by atoms with van der Waals surface area (Å²) in [6.45, 7) is 0.587. The summed E-state index contributed by atoms with van der Waals surface area (Å²) in [6.07, 6.45) is 3.32. The Kier molecular flexibility index (Phi) is 3.17. The number of aromatic nitrogens is 5. The van der Waals surface area contributed by atoms with Crippen molar-refractivity contribution < 1.29 is 4.74 Å². The molecule has 2 aromatic rings. The normalized spacial score (nSPS) is 10.3. The first-order valence-electron chi connectivity index (χ1n) is 5.11. The first kappa shape index (κ1) is 11.3. The lowest BCUT2D eigenvalue weighted by Gasteiger charge is -2.16. The maximum absolute atomic E-state index is 5.05. The number of aryl methyl sites for hydroxylation is 1. The Morgan fingerprint density at radius 2 is 2.29 bits per heavy atom. The number of methoxy groups -OCH3 is 1. The van der Waals surface area contributed by atoms with E-state index in [9.17, 15) is 0 Å². The van der Waals surface area contributed by atoms with Gasteiger partial charge in [0.2, 0.25) is 11.8 Å². The number of nitrogens with zero attached hydrogens (tertiary/aromatic N) is 6. The molecule has 0 N–H and O–H groups in total. The molecule has 0 saturated carbocycles. The Hall–Kier alpha value is -2.18. The van der Waals surface area contributed by atoms with Gasteiger partial charge < -0.3 is 14.2 Å². The Labute approximate surface area is 99.1 Å². The number of hydrogen-bond donors (Lipinski definition) is 0. The Morgan fingerprint density at radius 3 is 2.94 bits per heavy atom. The molecule has 2 aromatic heterocycles. The van der Waals surface area contributed by atoms with Gasteiger partial charge in [-0.05, 0) is 0 Å². The lowest BCUT2D eigenvalue weighted by atomic mass is 10.5. The summed E-state index contributed by atoms with van der Waals surface area (Å²) in [6, 6.07) is 1.71. The first-order chi connectivity index (χ1) is 8.20. The molecule has 0 spiro atoms. The topological polar surface area (TPSA) is 69.0 Å². The van der Waals surface area contributed by atoms with Crippen LogP contribution in [0.1, 0.15) is 5.82 Å². The number of rotatable bonds is 4. The number of ether oxygens (including phenoxy) is 1. The van der Waals surface area contributed by atoms with E-state index in [1.807, 2.05) is 23.6 Å². The van der Waals surface area contributed by atoms with Gasteiger partial charge in [-0.3, -0.25) is 0 Å². The Balaban J connectivity index is 2.14. The van der Waals surface area contributed by atoms with Crippen molar-refractivity contribution in [2.75, 3.05) is 19.1 Å². The molecule has 0 unspecified atom stereocenters. The minimum Gasteiger partial charge on any atom is -0.481 e. The van der Waals surface area contributed by atoms with Crippen molar-refractivity contribution in [3.8, 4) is 5.88 Å².